The summed E-state index contributed by atoms with van der Waals surface area (Å²) in [5.41, 5.74) is 12.2. The summed E-state index contributed by atoms with van der Waals surface area (Å²) < 4.78 is 0. The van der Waals surface area contributed by atoms with Crippen molar-refractivity contribution in [1.29, 1.82) is 0 Å². The SMILES string of the molecule is CSCCC(NC(=O)C(N)C(C)C)C(=O)NC(Cc1ccccc1)C(=O)NC(CCCCN)C(=O)O. The molecular weight excluding hydrogens is 482 g/mol. The van der Waals surface area contributed by atoms with Gasteiger partial charge in [-0.05, 0) is 55.7 Å². The number of rotatable bonds is 17. The van der Waals surface area contributed by atoms with Crippen LogP contribution >= 0.6 is 11.8 Å². The Balaban J connectivity index is 3.07. The summed E-state index contributed by atoms with van der Waals surface area (Å²) >= 11 is 1.52. The van der Waals surface area contributed by atoms with E-state index in [0.717, 1.165) is 5.56 Å². The Morgan fingerprint density at radius 3 is 2.03 bits per heavy atom. The van der Waals surface area contributed by atoms with Gasteiger partial charge in [-0.25, -0.2) is 4.79 Å². The summed E-state index contributed by atoms with van der Waals surface area (Å²) in [6.07, 6.45) is 3.80. The minimum atomic E-state index is -1.15. The van der Waals surface area contributed by atoms with Gasteiger partial charge in [-0.1, -0.05) is 44.2 Å². The second-order valence-corrected chi connectivity index (χ2v) is 10.0. The molecule has 3 amide bonds. The quantitative estimate of drug-likeness (QED) is 0.161. The summed E-state index contributed by atoms with van der Waals surface area (Å²) in [5, 5.41) is 17.6. The molecule has 0 aromatic heterocycles. The Bertz CT molecular complexity index is 839. The Morgan fingerprint density at radius 1 is 0.889 bits per heavy atom. The predicted octanol–water partition coefficient (Wildman–Crippen LogP) is 0.634. The average Bonchev–Trinajstić information content (AvgIpc) is 2.85. The molecule has 1 rings (SSSR count). The van der Waals surface area contributed by atoms with Gasteiger partial charge >= 0.3 is 5.97 Å². The van der Waals surface area contributed by atoms with Crippen LogP contribution in [0.15, 0.2) is 30.3 Å². The van der Waals surface area contributed by atoms with E-state index in [1.54, 1.807) is 0 Å². The third-order valence-electron chi connectivity index (χ3n) is 5.74. The highest BCUT2D eigenvalue weighted by atomic mass is 32.2. The monoisotopic (exact) mass is 523 g/mol. The van der Waals surface area contributed by atoms with E-state index in [0.29, 0.717) is 31.6 Å². The molecule has 11 heteroatoms. The van der Waals surface area contributed by atoms with Gasteiger partial charge in [0, 0.05) is 6.42 Å². The number of amides is 3. The summed E-state index contributed by atoms with van der Waals surface area (Å²) in [6, 6.07) is 5.29. The van der Waals surface area contributed by atoms with Gasteiger partial charge in [-0.2, -0.15) is 11.8 Å². The number of unbranched alkanes of at least 4 members (excludes halogenated alkanes) is 1. The number of nitrogens with one attached hydrogen (secondary N) is 3. The van der Waals surface area contributed by atoms with Gasteiger partial charge in [-0.3, -0.25) is 14.4 Å². The lowest BCUT2D eigenvalue weighted by Gasteiger charge is -2.26. The smallest absolute Gasteiger partial charge is 0.326 e. The van der Waals surface area contributed by atoms with E-state index in [1.165, 1.54) is 11.8 Å². The zero-order chi connectivity index (χ0) is 27.1. The lowest BCUT2D eigenvalue weighted by Crippen LogP contribution is -2.58. The minimum Gasteiger partial charge on any atom is -0.480 e. The second-order valence-electron chi connectivity index (χ2n) is 9.05. The molecule has 0 saturated heterocycles. The highest BCUT2D eigenvalue weighted by molar-refractivity contribution is 7.98. The summed E-state index contributed by atoms with van der Waals surface area (Å²) in [5.74, 6) is -2.25. The summed E-state index contributed by atoms with van der Waals surface area (Å²) in [6.45, 7) is 4.05. The van der Waals surface area contributed by atoms with Gasteiger partial charge in [-0.15, -0.1) is 0 Å². The van der Waals surface area contributed by atoms with Crippen molar-refractivity contribution < 1.29 is 24.3 Å². The fourth-order valence-electron chi connectivity index (χ4n) is 3.43. The number of benzene rings is 1. The molecule has 4 atom stereocenters. The number of carbonyl (C=O) groups excluding carboxylic acids is 3. The normalized spacial score (nSPS) is 14.4. The molecule has 0 saturated carbocycles. The number of hydrogen-bond acceptors (Lipinski definition) is 7. The van der Waals surface area contributed by atoms with Crippen LogP contribution in [0.1, 0.15) is 45.1 Å². The van der Waals surface area contributed by atoms with Crippen molar-refractivity contribution in [2.45, 2.75) is 70.1 Å². The number of hydrogen-bond donors (Lipinski definition) is 6. The predicted molar refractivity (Wildman–Crippen MR) is 142 cm³/mol. The average molecular weight is 524 g/mol. The molecule has 0 bridgehead atoms. The Morgan fingerprint density at radius 2 is 1.47 bits per heavy atom. The highest BCUT2D eigenvalue weighted by Crippen LogP contribution is 2.09. The standard InChI is InChI=1S/C25H41N5O5S/c1-16(2)21(27)24(33)28-18(12-14-36-3)22(31)30-20(15-17-9-5-4-6-10-17)23(32)29-19(25(34)35)11-7-8-13-26/h4-6,9-10,16,18-21H,7-8,11-15,26-27H2,1-3H3,(H,28,33)(H,29,32)(H,30,31)(H,34,35). The first-order chi connectivity index (χ1) is 17.1. The third-order valence-corrected chi connectivity index (χ3v) is 6.39. The van der Waals surface area contributed by atoms with Crippen molar-refractivity contribution in [3.05, 3.63) is 35.9 Å². The van der Waals surface area contributed by atoms with E-state index in [4.69, 9.17) is 11.5 Å². The van der Waals surface area contributed by atoms with Crippen LogP contribution < -0.4 is 27.4 Å². The number of carboxylic acids is 1. The zero-order valence-corrected chi connectivity index (χ0v) is 22.2. The van der Waals surface area contributed by atoms with Crippen LogP contribution in [0, 0.1) is 5.92 Å². The molecule has 0 heterocycles. The zero-order valence-electron chi connectivity index (χ0n) is 21.4. The topological polar surface area (TPSA) is 177 Å². The molecule has 0 spiro atoms. The largest absolute Gasteiger partial charge is 0.480 e. The highest BCUT2D eigenvalue weighted by Gasteiger charge is 2.30. The van der Waals surface area contributed by atoms with Crippen LogP contribution in [0.25, 0.3) is 0 Å². The van der Waals surface area contributed by atoms with Gasteiger partial charge in [0.15, 0.2) is 0 Å². The number of aliphatic carboxylic acids is 1. The molecule has 1 aromatic carbocycles. The number of carbonyl (C=O) groups is 4. The lowest BCUT2D eigenvalue weighted by atomic mass is 10.0. The molecule has 36 heavy (non-hydrogen) atoms. The van der Waals surface area contributed by atoms with Gasteiger partial charge in [0.2, 0.25) is 17.7 Å². The van der Waals surface area contributed by atoms with E-state index in [-0.39, 0.29) is 18.8 Å². The Kier molecular flexibility index (Phi) is 14.8. The first-order valence-electron chi connectivity index (χ1n) is 12.2. The van der Waals surface area contributed by atoms with E-state index >= 15 is 0 Å². The maximum absolute atomic E-state index is 13.2. The Labute approximate surface area is 217 Å². The molecule has 8 N–H and O–H groups in total. The molecule has 10 nitrogen and oxygen atoms in total. The van der Waals surface area contributed by atoms with Crippen LogP contribution in [-0.4, -0.2) is 71.5 Å². The van der Waals surface area contributed by atoms with Crippen molar-refractivity contribution in [1.82, 2.24) is 16.0 Å². The van der Waals surface area contributed by atoms with E-state index in [1.807, 2.05) is 50.4 Å². The lowest BCUT2D eigenvalue weighted by molar-refractivity contribution is -0.142. The number of thioether (sulfide) groups is 1. The third kappa shape index (κ3) is 11.4. The molecular formula is C25H41N5O5S. The van der Waals surface area contributed by atoms with Crippen molar-refractivity contribution in [2.75, 3.05) is 18.6 Å². The molecule has 0 radical (unpaired) electrons. The number of nitrogens with two attached hydrogens (primary N) is 2. The number of carboxylic acid groups (broad SMARTS) is 1. The van der Waals surface area contributed by atoms with E-state index < -0.39 is 47.9 Å². The molecule has 1 aromatic rings. The molecule has 0 fully saturated rings. The van der Waals surface area contributed by atoms with Crippen LogP contribution in [0.2, 0.25) is 0 Å². The van der Waals surface area contributed by atoms with Gasteiger partial charge in [0.25, 0.3) is 0 Å². The molecule has 0 aliphatic heterocycles. The van der Waals surface area contributed by atoms with Crippen LogP contribution in [0.5, 0.6) is 0 Å². The molecule has 202 valence electrons. The Hall–Kier alpha value is -2.63. The van der Waals surface area contributed by atoms with Crippen molar-refractivity contribution in [3.63, 3.8) is 0 Å². The van der Waals surface area contributed by atoms with Crippen LogP contribution in [-0.2, 0) is 25.6 Å². The fraction of sp³-hybridized carbons (Fsp3) is 0.600. The first-order valence-corrected chi connectivity index (χ1v) is 13.6. The van der Waals surface area contributed by atoms with Gasteiger partial charge in [0.1, 0.15) is 18.1 Å². The summed E-state index contributed by atoms with van der Waals surface area (Å²) in [7, 11) is 0. The summed E-state index contributed by atoms with van der Waals surface area (Å²) in [4.78, 5) is 50.6. The molecule has 0 aliphatic carbocycles. The van der Waals surface area contributed by atoms with E-state index in [9.17, 15) is 24.3 Å². The van der Waals surface area contributed by atoms with Crippen LogP contribution in [0.4, 0.5) is 0 Å². The van der Waals surface area contributed by atoms with Gasteiger partial charge in [0.05, 0.1) is 6.04 Å². The van der Waals surface area contributed by atoms with E-state index in [2.05, 4.69) is 16.0 Å². The van der Waals surface area contributed by atoms with Crippen molar-refractivity contribution in [2.24, 2.45) is 17.4 Å². The maximum atomic E-state index is 13.2. The fourth-order valence-corrected chi connectivity index (χ4v) is 3.90. The maximum Gasteiger partial charge on any atom is 0.326 e. The van der Waals surface area contributed by atoms with Gasteiger partial charge < -0.3 is 32.5 Å². The molecule has 4 unspecified atom stereocenters. The first kappa shape index (κ1) is 31.4. The van der Waals surface area contributed by atoms with Crippen molar-refractivity contribution in [3.8, 4) is 0 Å². The van der Waals surface area contributed by atoms with Crippen LogP contribution in [0.3, 0.4) is 0 Å². The molecule has 0 aliphatic rings. The second kappa shape index (κ2) is 16.9. The van der Waals surface area contributed by atoms with Crippen molar-refractivity contribution >= 4 is 35.5 Å². The minimum absolute atomic E-state index is 0.113.